The third kappa shape index (κ3) is 2.87. The van der Waals surface area contributed by atoms with E-state index in [4.69, 9.17) is 9.47 Å². The maximum absolute atomic E-state index is 11.4. The largest absolute Gasteiger partial charge is 0.490 e. The molecular formula is C12H13IO3. The van der Waals surface area contributed by atoms with Gasteiger partial charge in [0.2, 0.25) is 0 Å². The highest BCUT2D eigenvalue weighted by Gasteiger charge is 2.46. The van der Waals surface area contributed by atoms with Gasteiger partial charge >= 0.3 is 5.97 Å². The van der Waals surface area contributed by atoms with Gasteiger partial charge in [-0.1, -0.05) is 0 Å². The third-order valence-electron chi connectivity index (χ3n) is 2.42. The molecule has 1 aromatic rings. The molecule has 1 fully saturated rings. The molecule has 1 saturated carbocycles. The molecule has 0 radical (unpaired) electrons. The van der Waals surface area contributed by atoms with Crippen molar-refractivity contribution >= 4 is 28.6 Å². The van der Waals surface area contributed by atoms with Crippen LogP contribution in [-0.4, -0.2) is 18.7 Å². The number of benzene rings is 1. The Morgan fingerprint density at radius 1 is 1.44 bits per heavy atom. The Morgan fingerprint density at radius 3 is 2.75 bits per heavy atom. The highest BCUT2D eigenvalue weighted by atomic mass is 127. The fourth-order valence-electron chi connectivity index (χ4n) is 1.49. The molecule has 2 atom stereocenters. The van der Waals surface area contributed by atoms with Gasteiger partial charge < -0.3 is 9.47 Å². The van der Waals surface area contributed by atoms with Crippen molar-refractivity contribution in [3.05, 3.63) is 27.8 Å². The lowest BCUT2D eigenvalue weighted by Gasteiger charge is -2.05. The van der Waals surface area contributed by atoms with Crippen LogP contribution in [0.5, 0.6) is 5.75 Å². The fraction of sp³-hybridized carbons (Fsp3) is 0.417. The summed E-state index contributed by atoms with van der Waals surface area (Å²) < 4.78 is 11.8. The van der Waals surface area contributed by atoms with Crippen molar-refractivity contribution < 1.29 is 14.3 Å². The maximum atomic E-state index is 11.4. The quantitative estimate of drug-likeness (QED) is 0.628. The standard InChI is InChI=1S/C12H13IO3/c1-2-15-12(14)10-7-11(10)16-9-5-3-8(13)4-6-9/h3-6,10-11H,2,7H2,1H3/t10-,11-/m0/s1. The number of halogens is 1. The topological polar surface area (TPSA) is 35.5 Å². The van der Waals surface area contributed by atoms with Crippen LogP contribution in [0.4, 0.5) is 0 Å². The Morgan fingerprint density at radius 2 is 2.12 bits per heavy atom. The van der Waals surface area contributed by atoms with Gasteiger partial charge in [-0.3, -0.25) is 4.79 Å². The lowest BCUT2D eigenvalue weighted by Crippen LogP contribution is -2.12. The lowest BCUT2D eigenvalue weighted by atomic mass is 10.3. The van der Waals surface area contributed by atoms with Crippen molar-refractivity contribution in [2.45, 2.75) is 19.4 Å². The molecule has 1 aliphatic rings. The second kappa shape index (κ2) is 5.03. The Labute approximate surface area is 108 Å². The van der Waals surface area contributed by atoms with Gasteiger partial charge in [0.05, 0.1) is 12.5 Å². The highest BCUT2D eigenvalue weighted by Crippen LogP contribution is 2.35. The van der Waals surface area contributed by atoms with Crippen molar-refractivity contribution in [2.75, 3.05) is 6.61 Å². The zero-order valence-electron chi connectivity index (χ0n) is 8.98. The van der Waals surface area contributed by atoms with Crippen LogP contribution in [0.15, 0.2) is 24.3 Å². The Bertz CT molecular complexity index is 374. The predicted octanol–water partition coefficient (Wildman–Crippen LogP) is 2.62. The van der Waals surface area contributed by atoms with Crippen molar-refractivity contribution in [2.24, 2.45) is 5.92 Å². The van der Waals surface area contributed by atoms with E-state index in [1.807, 2.05) is 31.2 Å². The number of hydrogen-bond donors (Lipinski definition) is 0. The molecule has 0 aromatic heterocycles. The molecule has 2 rings (SSSR count). The molecule has 4 heteroatoms. The molecule has 1 aliphatic carbocycles. The van der Waals surface area contributed by atoms with Crippen LogP contribution in [0.2, 0.25) is 0 Å². The molecule has 0 saturated heterocycles. The zero-order chi connectivity index (χ0) is 11.5. The second-order valence-electron chi connectivity index (χ2n) is 3.70. The first-order valence-electron chi connectivity index (χ1n) is 5.29. The van der Waals surface area contributed by atoms with Crippen molar-refractivity contribution in [1.82, 2.24) is 0 Å². The molecular weight excluding hydrogens is 319 g/mol. The monoisotopic (exact) mass is 332 g/mol. The third-order valence-corrected chi connectivity index (χ3v) is 3.14. The summed E-state index contributed by atoms with van der Waals surface area (Å²) in [6.07, 6.45) is 0.768. The van der Waals surface area contributed by atoms with Crippen LogP contribution in [0.3, 0.4) is 0 Å². The number of carbonyl (C=O) groups is 1. The maximum Gasteiger partial charge on any atom is 0.312 e. The van der Waals surface area contributed by atoms with Gasteiger partial charge in [-0.05, 0) is 53.8 Å². The predicted molar refractivity (Wildman–Crippen MR) is 68.3 cm³/mol. The molecule has 0 bridgehead atoms. The minimum atomic E-state index is -0.141. The summed E-state index contributed by atoms with van der Waals surface area (Å²) in [5.74, 6) is 0.606. The van der Waals surface area contributed by atoms with E-state index in [2.05, 4.69) is 22.6 Å². The molecule has 0 N–H and O–H groups in total. The van der Waals surface area contributed by atoms with E-state index in [9.17, 15) is 4.79 Å². The summed E-state index contributed by atoms with van der Waals surface area (Å²) in [6, 6.07) is 7.81. The Hall–Kier alpha value is -0.780. The highest BCUT2D eigenvalue weighted by molar-refractivity contribution is 14.1. The van der Waals surface area contributed by atoms with Crippen molar-refractivity contribution in [1.29, 1.82) is 0 Å². The number of esters is 1. The lowest BCUT2D eigenvalue weighted by molar-refractivity contribution is -0.145. The van der Waals surface area contributed by atoms with Crippen LogP contribution < -0.4 is 4.74 Å². The zero-order valence-corrected chi connectivity index (χ0v) is 11.1. The molecule has 0 unspecified atom stereocenters. The van der Waals surface area contributed by atoms with E-state index < -0.39 is 0 Å². The van der Waals surface area contributed by atoms with Gasteiger partial charge in [-0.2, -0.15) is 0 Å². The van der Waals surface area contributed by atoms with Crippen LogP contribution in [0.25, 0.3) is 0 Å². The van der Waals surface area contributed by atoms with E-state index >= 15 is 0 Å². The number of ether oxygens (including phenoxy) is 2. The molecule has 86 valence electrons. The van der Waals surface area contributed by atoms with Gasteiger partial charge in [0, 0.05) is 9.99 Å². The van der Waals surface area contributed by atoms with Crippen molar-refractivity contribution in [3.63, 3.8) is 0 Å². The first kappa shape index (κ1) is 11.7. The van der Waals surface area contributed by atoms with E-state index in [-0.39, 0.29) is 18.0 Å². The summed E-state index contributed by atoms with van der Waals surface area (Å²) in [7, 11) is 0. The SMILES string of the molecule is CCOC(=O)[C@H]1C[C@@H]1Oc1ccc(I)cc1. The molecule has 0 spiro atoms. The van der Waals surface area contributed by atoms with Gasteiger partial charge in [0.15, 0.2) is 0 Å². The number of hydrogen-bond acceptors (Lipinski definition) is 3. The minimum absolute atomic E-state index is 0.000823. The summed E-state index contributed by atoms with van der Waals surface area (Å²) in [5.41, 5.74) is 0. The smallest absolute Gasteiger partial charge is 0.312 e. The second-order valence-corrected chi connectivity index (χ2v) is 4.95. The summed E-state index contributed by atoms with van der Waals surface area (Å²) >= 11 is 2.24. The van der Waals surface area contributed by atoms with Crippen LogP contribution >= 0.6 is 22.6 Å². The summed E-state index contributed by atoms with van der Waals surface area (Å²) in [6.45, 7) is 2.25. The normalized spacial score (nSPS) is 22.6. The fourth-order valence-corrected chi connectivity index (χ4v) is 1.85. The minimum Gasteiger partial charge on any atom is -0.490 e. The van der Waals surface area contributed by atoms with Crippen LogP contribution in [0.1, 0.15) is 13.3 Å². The van der Waals surface area contributed by atoms with Gasteiger partial charge in [-0.15, -0.1) is 0 Å². The number of rotatable bonds is 4. The van der Waals surface area contributed by atoms with E-state index in [0.717, 1.165) is 12.2 Å². The summed E-state index contributed by atoms with van der Waals surface area (Å²) in [5, 5.41) is 0. The van der Waals surface area contributed by atoms with Crippen molar-refractivity contribution in [3.8, 4) is 5.75 Å². The Kier molecular flexibility index (Phi) is 3.68. The number of carbonyl (C=O) groups excluding carboxylic acids is 1. The average Bonchev–Trinajstić information content (AvgIpc) is 3.01. The summed E-state index contributed by atoms with van der Waals surface area (Å²) in [4.78, 5) is 11.4. The van der Waals surface area contributed by atoms with E-state index in [1.165, 1.54) is 3.57 Å². The molecule has 0 amide bonds. The van der Waals surface area contributed by atoms with Crippen LogP contribution in [0, 0.1) is 9.49 Å². The Balaban J connectivity index is 1.85. The first-order chi connectivity index (χ1) is 7.70. The molecule has 0 heterocycles. The van der Waals surface area contributed by atoms with Gasteiger partial charge in [0.1, 0.15) is 11.9 Å². The molecule has 0 aliphatic heterocycles. The average molecular weight is 332 g/mol. The first-order valence-corrected chi connectivity index (χ1v) is 6.37. The van der Waals surface area contributed by atoms with Gasteiger partial charge in [0.25, 0.3) is 0 Å². The van der Waals surface area contributed by atoms with E-state index in [1.54, 1.807) is 0 Å². The van der Waals surface area contributed by atoms with Crippen LogP contribution in [-0.2, 0) is 9.53 Å². The van der Waals surface area contributed by atoms with Gasteiger partial charge in [-0.25, -0.2) is 0 Å². The molecule has 1 aromatic carbocycles. The molecule has 16 heavy (non-hydrogen) atoms. The molecule has 3 nitrogen and oxygen atoms in total. The van der Waals surface area contributed by atoms with E-state index in [0.29, 0.717) is 6.61 Å².